The molecule has 0 saturated heterocycles. The van der Waals surface area contributed by atoms with Gasteiger partial charge in [-0.25, -0.2) is 9.18 Å². The highest BCUT2D eigenvalue weighted by Gasteiger charge is 2.27. The summed E-state index contributed by atoms with van der Waals surface area (Å²) in [4.78, 5) is 22.7. The van der Waals surface area contributed by atoms with E-state index >= 15 is 0 Å². The van der Waals surface area contributed by atoms with Crippen molar-refractivity contribution in [2.75, 3.05) is 13.2 Å². The number of benzene rings is 2. The predicted octanol–water partition coefficient (Wildman–Crippen LogP) is 3.52. The minimum Gasteiger partial charge on any atom is -0.486 e. The molecule has 3 rings (SSSR count). The number of hydrogen-bond donors (Lipinski definition) is 0. The number of nitro benzene ring substituents is 1. The van der Waals surface area contributed by atoms with E-state index in [0.717, 1.165) is 6.07 Å². The number of fused-ring (bicyclic) bond motifs is 1. The number of carbonyl (C=O) groups excluding carboxylic acids is 1. The highest BCUT2D eigenvalue weighted by Crippen LogP contribution is 2.37. The number of nitrogens with zero attached hydrogens (tertiary/aromatic N) is 1. The van der Waals surface area contributed by atoms with Gasteiger partial charge in [0, 0.05) is 11.6 Å². The van der Waals surface area contributed by atoms with Crippen LogP contribution in [0.25, 0.3) is 0 Å². The van der Waals surface area contributed by atoms with Crippen molar-refractivity contribution < 1.29 is 28.3 Å². The molecule has 0 aromatic heterocycles. The van der Waals surface area contributed by atoms with Gasteiger partial charge in [0.25, 0.3) is 5.69 Å². The molecule has 2 aromatic rings. The number of ether oxygens (including phenoxy) is 3. The Morgan fingerprint density at radius 1 is 1.28 bits per heavy atom. The molecule has 0 radical (unpaired) electrons. The lowest BCUT2D eigenvalue weighted by Crippen LogP contribution is -2.17. The second-order valence-corrected chi connectivity index (χ2v) is 5.45. The van der Waals surface area contributed by atoms with Gasteiger partial charge in [0.15, 0.2) is 11.5 Å². The standard InChI is InChI=1S/C16H11ClFNO6/c17-11-2-1-3-12(18)10(11)8-25-16(20)9-6-14-15(24-5-4-23-14)7-13(9)19(21)22/h1-3,6-7H,4-5,8H2. The normalized spacial score (nSPS) is 12.6. The van der Waals surface area contributed by atoms with Gasteiger partial charge in [0.2, 0.25) is 0 Å². The Kier molecular flexibility index (Phi) is 4.71. The lowest BCUT2D eigenvalue weighted by Gasteiger charge is -2.18. The molecule has 0 N–H and O–H groups in total. The molecular weight excluding hydrogens is 357 g/mol. The third-order valence-corrected chi connectivity index (χ3v) is 3.84. The summed E-state index contributed by atoms with van der Waals surface area (Å²) in [6.45, 7) is 0.0415. The van der Waals surface area contributed by atoms with E-state index in [0.29, 0.717) is 0 Å². The van der Waals surface area contributed by atoms with E-state index in [2.05, 4.69) is 0 Å². The van der Waals surface area contributed by atoms with Crippen LogP contribution in [0, 0.1) is 15.9 Å². The SMILES string of the molecule is O=C(OCc1c(F)cccc1Cl)c1cc2c(cc1[N+](=O)[O-])OCCO2. The van der Waals surface area contributed by atoms with E-state index in [4.69, 9.17) is 25.8 Å². The van der Waals surface area contributed by atoms with Gasteiger partial charge >= 0.3 is 5.97 Å². The molecule has 1 aliphatic heterocycles. The Labute approximate surface area is 146 Å². The molecule has 130 valence electrons. The highest BCUT2D eigenvalue weighted by molar-refractivity contribution is 6.31. The van der Waals surface area contributed by atoms with Crippen molar-refractivity contribution in [3.8, 4) is 11.5 Å². The molecule has 2 aromatic carbocycles. The minimum atomic E-state index is -0.997. The van der Waals surface area contributed by atoms with E-state index in [-0.39, 0.29) is 40.9 Å². The molecule has 1 aliphatic rings. The summed E-state index contributed by atoms with van der Waals surface area (Å²) in [5.74, 6) is -1.26. The fourth-order valence-electron chi connectivity index (χ4n) is 2.28. The van der Waals surface area contributed by atoms with Crippen LogP contribution in [0.5, 0.6) is 11.5 Å². The Bertz CT molecular complexity index is 837. The van der Waals surface area contributed by atoms with Crippen LogP contribution in [-0.2, 0) is 11.3 Å². The molecule has 0 spiro atoms. The first-order valence-electron chi connectivity index (χ1n) is 7.15. The van der Waals surface area contributed by atoms with Gasteiger partial charge in [-0.3, -0.25) is 10.1 Å². The Morgan fingerprint density at radius 3 is 2.60 bits per heavy atom. The maximum atomic E-state index is 13.7. The second kappa shape index (κ2) is 6.94. The van der Waals surface area contributed by atoms with E-state index < -0.39 is 29.0 Å². The molecule has 7 nitrogen and oxygen atoms in total. The first kappa shape index (κ1) is 17.0. The molecule has 0 fully saturated rings. The van der Waals surface area contributed by atoms with Crippen molar-refractivity contribution >= 4 is 23.3 Å². The van der Waals surface area contributed by atoms with Crippen molar-refractivity contribution in [2.45, 2.75) is 6.61 Å². The van der Waals surface area contributed by atoms with Crippen molar-refractivity contribution in [2.24, 2.45) is 0 Å². The molecular formula is C16H11ClFNO6. The third kappa shape index (κ3) is 3.48. The maximum absolute atomic E-state index is 13.7. The number of nitro groups is 1. The lowest BCUT2D eigenvalue weighted by molar-refractivity contribution is -0.385. The molecule has 0 bridgehead atoms. The summed E-state index contributed by atoms with van der Waals surface area (Å²) in [7, 11) is 0. The molecule has 0 unspecified atom stereocenters. The van der Waals surface area contributed by atoms with E-state index in [1.807, 2.05) is 0 Å². The van der Waals surface area contributed by atoms with E-state index in [9.17, 15) is 19.3 Å². The van der Waals surface area contributed by atoms with E-state index in [1.165, 1.54) is 24.3 Å². The van der Waals surface area contributed by atoms with Crippen molar-refractivity contribution in [1.29, 1.82) is 0 Å². The van der Waals surface area contributed by atoms with Gasteiger partial charge in [-0.2, -0.15) is 0 Å². The molecule has 0 amide bonds. The van der Waals surface area contributed by atoms with Gasteiger partial charge in [0.1, 0.15) is 31.2 Å². The monoisotopic (exact) mass is 367 g/mol. The number of rotatable bonds is 4. The van der Waals surface area contributed by atoms with Crippen LogP contribution < -0.4 is 9.47 Å². The first-order chi connectivity index (χ1) is 12.0. The van der Waals surface area contributed by atoms with Gasteiger partial charge in [-0.05, 0) is 12.1 Å². The fourth-order valence-corrected chi connectivity index (χ4v) is 2.50. The van der Waals surface area contributed by atoms with Crippen molar-refractivity contribution in [1.82, 2.24) is 0 Å². The average molecular weight is 368 g/mol. The zero-order chi connectivity index (χ0) is 18.0. The zero-order valence-corrected chi connectivity index (χ0v) is 13.4. The third-order valence-electron chi connectivity index (χ3n) is 3.49. The number of carbonyl (C=O) groups is 1. The number of hydrogen-bond acceptors (Lipinski definition) is 6. The van der Waals surface area contributed by atoms with Crippen LogP contribution in [-0.4, -0.2) is 24.1 Å². The van der Waals surface area contributed by atoms with Crippen LogP contribution in [0.1, 0.15) is 15.9 Å². The molecule has 25 heavy (non-hydrogen) atoms. The van der Waals surface area contributed by atoms with Gasteiger partial charge in [0.05, 0.1) is 16.0 Å². The van der Waals surface area contributed by atoms with Gasteiger partial charge < -0.3 is 14.2 Å². The lowest BCUT2D eigenvalue weighted by atomic mass is 10.1. The van der Waals surface area contributed by atoms with Crippen LogP contribution in [0.4, 0.5) is 10.1 Å². The molecule has 1 heterocycles. The van der Waals surface area contributed by atoms with E-state index in [1.54, 1.807) is 0 Å². The fraction of sp³-hybridized carbons (Fsp3) is 0.188. The quantitative estimate of drug-likeness (QED) is 0.467. The second-order valence-electron chi connectivity index (χ2n) is 5.05. The van der Waals surface area contributed by atoms with Gasteiger partial charge in [-0.1, -0.05) is 17.7 Å². The van der Waals surface area contributed by atoms with Crippen molar-refractivity contribution in [3.63, 3.8) is 0 Å². The van der Waals surface area contributed by atoms with Gasteiger partial charge in [-0.15, -0.1) is 0 Å². The van der Waals surface area contributed by atoms with Crippen LogP contribution in [0.3, 0.4) is 0 Å². The Balaban J connectivity index is 1.87. The number of halogens is 2. The zero-order valence-electron chi connectivity index (χ0n) is 12.7. The summed E-state index contributed by atoms with van der Waals surface area (Å²) in [5.41, 5.74) is -0.826. The molecule has 0 aliphatic carbocycles. The predicted molar refractivity (Wildman–Crippen MR) is 84.6 cm³/mol. The summed E-state index contributed by atoms with van der Waals surface area (Å²) in [5, 5.41) is 11.3. The molecule has 9 heteroatoms. The van der Waals surface area contributed by atoms with Crippen LogP contribution in [0.2, 0.25) is 5.02 Å². The number of esters is 1. The largest absolute Gasteiger partial charge is 0.486 e. The summed E-state index contributed by atoms with van der Waals surface area (Å²) in [6, 6.07) is 6.30. The first-order valence-corrected chi connectivity index (χ1v) is 7.53. The topological polar surface area (TPSA) is 87.9 Å². The Morgan fingerprint density at radius 2 is 1.96 bits per heavy atom. The summed E-state index contributed by atoms with van der Waals surface area (Å²) in [6.07, 6.45) is 0. The molecule has 0 atom stereocenters. The molecule has 0 saturated carbocycles. The highest BCUT2D eigenvalue weighted by atomic mass is 35.5. The smallest absolute Gasteiger partial charge is 0.345 e. The summed E-state index contributed by atoms with van der Waals surface area (Å²) >= 11 is 5.86. The van der Waals surface area contributed by atoms with Crippen LogP contribution >= 0.6 is 11.6 Å². The maximum Gasteiger partial charge on any atom is 0.345 e. The minimum absolute atomic E-state index is 0.0160. The van der Waals surface area contributed by atoms with Crippen LogP contribution in [0.15, 0.2) is 30.3 Å². The average Bonchev–Trinajstić information content (AvgIpc) is 2.60. The van der Waals surface area contributed by atoms with Crippen molar-refractivity contribution in [3.05, 3.63) is 62.4 Å². The summed E-state index contributed by atoms with van der Waals surface area (Å²) < 4.78 is 29.3. The Hall–Kier alpha value is -2.87.